The van der Waals surface area contributed by atoms with Crippen molar-refractivity contribution < 1.29 is 9.59 Å². The SMILES string of the molecule is CN(C)C(=O)CN(C)C(=O)CC#N. The monoisotopic (exact) mass is 183 g/mol. The molecule has 2 amide bonds. The third-order valence-corrected chi connectivity index (χ3v) is 1.53. The number of nitrogens with zero attached hydrogens (tertiary/aromatic N) is 3. The second kappa shape index (κ2) is 5.14. The maximum absolute atomic E-state index is 11.1. The van der Waals surface area contributed by atoms with E-state index in [1.54, 1.807) is 20.2 Å². The molecule has 5 heteroatoms. The molecular weight excluding hydrogens is 170 g/mol. The Morgan fingerprint density at radius 1 is 1.23 bits per heavy atom. The summed E-state index contributed by atoms with van der Waals surface area (Å²) < 4.78 is 0. The van der Waals surface area contributed by atoms with Gasteiger partial charge in [0.2, 0.25) is 11.8 Å². The van der Waals surface area contributed by atoms with Gasteiger partial charge in [0, 0.05) is 21.1 Å². The largest absolute Gasteiger partial charge is 0.347 e. The van der Waals surface area contributed by atoms with Gasteiger partial charge in [0.1, 0.15) is 6.42 Å². The van der Waals surface area contributed by atoms with E-state index < -0.39 is 0 Å². The molecule has 72 valence electrons. The highest BCUT2D eigenvalue weighted by Gasteiger charge is 2.12. The van der Waals surface area contributed by atoms with Crippen molar-refractivity contribution in [3.63, 3.8) is 0 Å². The van der Waals surface area contributed by atoms with E-state index in [4.69, 9.17) is 5.26 Å². The molecule has 0 spiro atoms. The van der Waals surface area contributed by atoms with Gasteiger partial charge in [-0.1, -0.05) is 0 Å². The third-order valence-electron chi connectivity index (χ3n) is 1.53. The first-order chi connectivity index (χ1) is 5.99. The quantitative estimate of drug-likeness (QED) is 0.589. The summed E-state index contributed by atoms with van der Waals surface area (Å²) in [5, 5.41) is 8.24. The van der Waals surface area contributed by atoms with E-state index in [2.05, 4.69) is 0 Å². The number of hydrogen-bond acceptors (Lipinski definition) is 3. The first-order valence-corrected chi connectivity index (χ1v) is 3.80. The molecule has 0 aromatic heterocycles. The molecule has 0 fully saturated rings. The van der Waals surface area contributed by atoms with E-state index in [0.29, 0.717) is 0 Å². The van der Waals surface area contributed by atoms with Gasteiger partial charge < -0.3 is 9.80 Å². The maximum atomic E-state index is 11.1. The van der Waals surface area contributed by atoms with Gasteiger partial charge in [-0.2, -0.15) is 5.26 Å². The van der Waals surface area contributed by atoms with Crippen molar-refractivity contribution >= 4 is 11.8 Å². The Kier molecular flexibility index (Phi) is 4.52. The molecule has 0 atom stereocenters. The van der Waals surface area contributed by atoms with Gasteiger partial charge >= 0.3 is 0 Å². The van der Waals surface area contributed by atoms with E-state index in [1.165, 1.54) is 16.8 Å². The van der Waals surface area contributed by atoms with Crippen LogP contribution < -0.4 is 0 Å². The first-order valence-electron chi connectivity index (χ1n) is 3.80. The molecule has 5 nitrogen and oxygen atoms in total. The Morgan fingerprint density at radius 3 is 2.15 bits per heavy atom. The van der Waals surface area contributed by atoms with Crippen molar-refractivity contribution in [2.75, 3.05) is 27.7 Å². The van der Waals surface area contributed by atoms with Crippen LogP contribution in [0.2, 0.25) is 0 Å². The summed E-state index contributed by atoms with van der Waals surface area (Å²) in [6.45, 7) is 0.0213. The Hall–Kier alpha value is -1.57. The fourth-order valence-corrected chi connectivity index (χ4v) is 0.635. The van der Waals surface area contributed by atoms with Crippen LogP contribution in [-0.4, -0.2) is 49.3 Å². The Balaban J connectivity index is 4.01. The van der Waals surface area contributed by atoms with Gasteiger partial charge in [0.05, 0.1) is 12.6 Å². The summed E-state index contributed by atoms with van der Waals surface area (Å²) in [5.41, 5.74) is 0. The number of amides is 2. The summed E-state index contributed by atoms with van der Waals surface area (Å²) in [5.74, 6) is -0.494. The number of hydrogen-bond donors (Lipinski definition) is 0. The van der Waals surface area contributed by atoms with E-state index in [-0.39, 0.29) is 24.8 Å². The minimum absolute atomic E-state index is 0.0213. The Labute approximate surface area is 77.5 Å². The predicted octanol–water partition coefficient (Wildman–Crippen LogP) is -0.553. The minimum Gasteiger partial charge on any atom is -0.347 e. The van der Waals surface area contributed by atoms with Crippen molar-refractivity contribution in [2.45, 2.75) is 6.42 Å². The van der Waals surface area contributed by atoms with Crippen molar-refractivity contribution in [3.05, 3.63) is 0 Å². The molecule has 0 bridgehead atoms. The summed E-state index contributed by atoms with van der Waals surface area (Å²) in [6.07, 6.45) is -0.183. The molecule has 0 unspecified atom stereocenters. The lowest BCUT2D eigenvalue weighted by molar-refractivity contribution is -0.137. The van der Waals surface area contributed by atoms with E-state index >= 15 is 0 Å². The lowest BCUT2D eigenvalue weighted by Crippen LogP contribution is -2.37. The summed E-state index contributed by atoms with van der Waals surface area (Å²) >= 11 is 0. The number of carbonyl (C=O) groups excluding carboxylic acids is 2. The lowest BCUT2D eigenvalue weighted by Gasteiger charge is -2.17. The smallest absolute Gasteiger partial charge is 0.241 e. The molecule has 13 heavy (non-hydrogen) atoms. The molecule has 0 N–H and O–H groups in total. The molecule has 0 saturated heterocycles. The molecular formula is C8H13N3O2. The van der Waals surface area contributed by atoms with Crippen LogP contribution in [0.3, 0.4) is 0 Å². The normalized spacial score (nSPS) is 8.77. The zero-order chi connectivity index (χ0) is 10.4. The molecule has 0 aromatic rings. The van der Waals surface area contributed by atoms with Gasteiger partial charge in [-0.25, -0.2) is 0 Å². The molecule has 0 aliphatic heterocycles. The molecule has 0 radical (unpaired) electrons. The van der Waals surface area contributed by atoms with Crippen molar-refractivity contribution in [3.8, 4) is 6.07 Å². The highest BCUT2D eigenvalue weighted by molar-refractivity contribution is 5.85. The summed E-state index contributed by atoms with van der Waals surface area (Å²) in [7, 11) is 4.73. The van der Waals surface area contributed by atoms with Gasteiger partial charge in [0.25, 0.3) is 0 Å². The van der Waals surface area contributed by atoms with E-state index in [9.17, 15) is 9.59 Å². The molecule has 0 rings (SSSR count). The fraction of sp³-hybridized carbons (Fsp3) is 0.625. The zero-order valence-corrected chi connectivity index (χ0v) is 8.07. The highest BCUT2D eigenvalue weighted by Crippen LogP contribution is 1.91. The average molecular weight is 183 g/mol. The van der Waals surface area contributed by atoms with Crippen molar-refractivity contribution in [1.82, 2.24) is 9.80 Å². The van der Waals surface area contributed by atoms with Gasteiger partial charge in [-0.3, -0.25) is 9.59 Å². The minimum atomic E-state index is -0.335. The zero-order valence-electron chi connectivity index (χ0n) is 8.07. The highest BCUT2D eigenvalue weighted by atomic mass is 16.2. The van der Waals surface area contributed by atoms with Gasteiger partial charge in [0.15, 0.2) is 0 Å². The molecule has 0 aromatic carbocycles. The molecule has 0 saturated carbocycles. The van der Waals surface area contributed by atoms with Crippen LogP contribution >= 0.6 is 0 Å². The lowest BCUT2D eigenvalue weighted by atomic mass is 10.4. The standard InChI is InChI=1S/C8H13N3O2/c1-10(2)8(13)6-11(3)7(12)4-5-9/h4,6H2,1-3H3. The molecule has 0 aliphatic rings. The summed E-state index contributed by atoms with van der Waals surface area (Å²) in [6, 6.07) is 1.73. The summed E-state index contributed by atoms with van der Waals surface area (Å²) in [4.78, 5) is 24.8. The molecule has 0 aliphatic carbocycles. The number of likely N-dealkylation sites (N-methyl/N-ethyl adjacent to an activating group) is 2. The molecule has 0 heterocycles. The number of carbonyl (C=O) groups is 2. The third kappa shape index (κ3) is 4.11. The van der Waals surface area contributed by atoms with Crippen LogP contribution in [0.25, 0.3) is 0 Å². The number of nitriles is 1. The van der Waals surface area contributed by atoms with Crippen LogP contribution in [0.15, 0.2) is 0 Å². The number of rotatable bonds is 3. The Bertz CT molecular complexity index is 242. The van der Waals surface area contributed by atoms with E-state index in [0.717, 1.165) is 0 Å². The van der Waals surface area contributed by atoms with Crippen LogP contribution in [0, 0.1) is 11.3 Å². The van der Waals surface area contributed by atoms with Crippen LogP contribution in [-0.2, 0) is 9.59 Å². The fourth-order valence-electron chi connectivity index (χ4n) is 0.635. The Morgan fingerprint density at radius 2 is 1.77 bits per heavy atom. The second-order valence-electron chi connectivity index (χ2n) is 2.87. The second-order valence-corrected chi connectivity index (χ2v) is 2.87. The van der Waals surface area contributed by atoms with Crippen molar-refractivity contribution in [1.29, 1.82) is 5.26 Å². The van der Waals surface area contributed by atoms with Crippen LogP contribution in [0.5, 0.6) is 0 Å². The first kappa shape index (κ1) is 11.4. The van der Waals surface area contributed by atoms with Gasteiger partial charge in [-0.15, -0.1) is 0 Å². The topological polar surface area (TPSA) is 64.4 Å². The predicted molar refractivity (Wildman–Crippen MR) is 46.6 cm³/mol. The van der Waals surface area contributed by atoms with Gasteiger partial charge in [-0.05, 0) is 0 Å². The van der Waals surface area contributed by atoms with E-state index in [1.807, 2.05) is 0 Å². The van der Waals surface area contributed by atoms with Crippen LogP contribution in [0.4, 0.5) is 0 Å². The maximum Gasteiger partial charge on any atom is 0.241 e. The van der Waals surface area contributed by atoms with Crippen molar-refractivity contribution in [2.24, 2.45) is 0 Å². The van der Waals surface area contributed by atoms with Crippen LogP contribution in [0.1, 0.15) is 6.42 Å². The average Bonchev–Trinajstić information content (AvgIpc) is 2.04.